The Labute approximate surface area is 87.1 Å². The zero-order chi connectivity index (χ0) is 10.5. The Kier molecular flexibility index (Phi) is 5.29. The number of pyridine rings is 1. The van der Waals surface area contributed by atoms with Crippen LogP contribution in [0, 0.1) is 0 Å². The molecule has 0 bridgehead atoms. The summed E-state index contributed by atoms with van der Waals surface area (Å²) in [7, 11) is 1.26. The SMILES string of the molecule is CC.O=S(=O)(Cl)c1cccnc1Cl. The van der Waals surface area contributed by atoms with Gasteiger partial charge in [0.25, 0.3) is 9.05 Å². The predicted octanol–water partition coefficient (Wildman–Crippen LogP) is 2.69. The number of aromatic nitrogens is 1. The molecule has 13 heavy (non-hydrogen) atoms. The monoisotopic (exact) mass is 241 g/mol. The van der Waals surface area contributed by atoms with E-state index >= 15 is 0 Å². The summed E-state index contributed by atoms with van der Waals surface area (Å²) in [4.78, 5) is 3.38. The van der Waals surface area contributed by atoms with Gasteiger partial charge in [-0.2, -0.15) is 0 Å². The Morgan fingerprint density at radius 2 is 1.92 bits per heavy atom. The fourth-order valence-corrected chi connectivity index (χ4v) is 1.96. The van der Waals surface area contributed by atoms with Gasteiger partial charge in [-0.1, -0.05) is 25.4 Å². The minimum atomic E-state index is -3.76. The summed E-state index contributed by atoms with van der Waals surface area (Å²) in [5.74, 6) is 0. The third-order valence-electron chi connectivity index (χ3n) is 0.988. The molecule has 0 aliphatic rings. The molecule has 0 aliphatic carbocycles. The molecule has 0 N–H and O–H groups in total. The van der Waals surface area contributed by atoms with E-state index in [1.807, 2.05) is 13.8 Å². The molecule has 0 radical (unpaired) electrons. The van der Waals surface area contributed by atoms with Crippen molar-refractivity contribution in [2.75, 3.05) is 0 Å². The van der Waals surface area contributed by atoms with Crippen LogP contribution in [0.1, 0.15) is 13.8 Å². The molecular weight excluding hydrogens is 233 g/mol. The Morgan fingerprint density at radius 1 is 1.38 bits per heavy atom. The van der Waals surface area contributed by atoms with Crippen LogP contribution < -0.4 is 0 Å². The van der Waals surface area contributed by atoms with E-state index in [9.17, 15) is 8.42 Å². The normalized spacial score (nSPS) is 10.2. The first-order chi connectivity index (χ1) is 6.02. The average Bonchev–Trinajstić information content (AvgIpc) is 2.07. The van der Waals surface area contributed by atoms with Gasteiger partial charge in [0.15, 0.2) is 0 Å². The van der Waals surface area contributed by atoms with Crippen LogP contribution in [0.25, 0.3) is 0 Å². The van der Waals surface area contributed by atoms with E-state index < -0.39 is 9.05 Å². The van der Waals surface area contributed by atoms with Crippen molar-refractivity contribution < 1.29 is 8.42 Å². The Bertz CT molecular complexity index is 365. The first-order valence-corrected chi connectivity index (χ1v) is 6.26. The van der Waals surface area contributed by atoms with Gasteiger partial charge in [-0.05, 0) is 12.1 Å². The minimum absolute atomic E-state index is 0.109. The molecule has 6 heteroatoms. The van der Waals surface area contributed by atoms with Crippen LogP contribution in [-0.4, -0.2) is 13.4 Å². The highest BCUT2D eigenvalue weighted by molar-refractivity contribution is 8.13. The van der Waals surface area contributed by atoms with Crippen molar-refractivity contribution in [1.82, 2.24) is 4.98 Å². The van der Waals surface area contributed by atoms with E-state index in [0.717, 1.165) is 0 Å². The second-order valence-corrected chi connectivity index (χ2v) is 4.62. The molecule has 0 atom stereocenters. The predicted molar refractivity (Wildman–Crippen MR) is 53.6 cm³/mol. The van der Waals surface area contributed by atoms with Crippen molar-refractivity contribution in [2.24, 2.45) is 0 Å². The number of halogens is 2. The summed E-state index contributed by atoms with van der Waals surface area (Å²) in [6.45, 7) is 4.00. The molecule has 1 aromatic heterocycles. The Morgan fingerprint density at radius 3 is 2.23 bits per heavy atom. The molecule has 0 aliphatic heterocycles. The maximum atomic E-state index is 10.7. The lowest BCUT2D eigenvalue weighted by atomic mass is 10.5. The van der Waals surface area contributed by atoms with Crippen LogP contribution >= 0.6 is 22.3 Å². The third kappa shape index (κ3) is 3.93. The standard InChI is InChI=1S/C5H3Cl2NO2S.C2H6/c6-5-4(11(7,9)10)2-1-3-8-5;1-2/h1-3H;1-2H3. The van der Waals surface area contributed by atoms with Crippen molar-refractivity contribution in [3.63, 3.8) is 0 Å². The molecule has 74 valence electrons. The van der Waals surface area contributed by atoms with Gasteiger partial charge in [-0.25, -0.2) is 13.4 Å². The molecule has 1 heterocycles. The molecule has 0 saturated carbocycles. The van der Waals surface area contributed by atoms with E-state index in [0.29, 0.717) is 0 Å². The largest absolute Gasteiger partial charge is 0.264 e. The fourth-order valence-electron chi connectivity index (χ4n) is 0.553. The summed E-state index contributed by atoms with van der Waals surface area (Å²) in [6.07, 6.45) is 1.38. The molecule has 3 nitrogen and oxygen atoms in total. The van der Waals surface area contributed by atoms with Gasteiger partial charge in [0, 0.05) is 16.9 Å². The summed E-state index contributed by atoms with van der Waals surface area (Å²) in [6, 6.07) is 2.73. The maximum Gasteiger partial charge on any atom is 0.264 e. The average molecular weight is 242 g/mol. The molecule has 0 fully saturated rings. The quantitative estimate of drug-likeness (QED) is 0.561. The van der Waals surface area contributed by atoms with E-state index in [2.05, 4.69) is 4.98 Å². The maximum absolute atomic E-state index is 10.7. The van der Waals surface area contributed by atoms with Gasteiger partial charge in [-0.15, -0.1) is 0 Å². The Hall–Kier alpha value is -0.320. The molecule has 0 unspecified atom stereocenters. The van der Waals surface area contributed by atoms with Gasteiger partial charge in [0.1, 0.15) is 10.0 Å². The topological polar surface area (TPSA) is 47.0 Å². The van der Waals surface area contributed by atoms with Crippen molar-refractivity contribution in [1.29, 1.82) is 0 Å². The van der Waals surface area contributed by atoms with Crippen molar-refractivity contribution in [3.8, 4) is 0 Å². The second kappa shape index (κ2) is 5.42. The lowest BCUT2D eigenvalue weighted by molar-refractivity contribution is 0.609. The van der Waals surface area contributed by atoms with Gasteiger partial charge < -0.3 is 0 Å². The molecule has 0 spiro atoms. The van der Waals surface area contributed by atoms with Crippen LogP contribution in [0.2, 0.25) is 5.15 Å². The molecule has 1 rings (SSSR count). The second-order valence-electron chi connectivity index (χ2n) is 1.73. The third-order valence-corrected chi connectivity index (χ3v) is 2.75. The van der Waals surface area contributed by atoms with Crippen LogP contribution in [0.15, 0.2) is 23.2 Å². The van der Waals surface area contributed by atoms with Crippen molar-refractivity contribution >= 4 is 31.3 Å². The first-order valence-electron chi connectivity index (χ1n) is 3.57. The molecule has 0 aromatic carbocycles. The van der Waals surface area contributed by atoms with Crippen molar-refractivity contribution in [3.05, 3.63) is 23.5 Å². The van der Waals surface area contributed by atoms with Gasteiger partial charge in [0.05, 0.1) is 0 Å². The minimum Gasteiger partial charge on any atom is -0.243 e. The highest BCUT2D eigenvalue weighted by Gasteiger charge is 2.13. The number of rotatable bonds is 1. The first kappa shape index (κ1) is 12.7. The van der Waals surface area contributed by atoms with Gasteiger partial charge >= 0.3 is 0 Å². The highest BCUT2D eigenvalue weighted by Crippen LogP contribution is 2.21. The number of hydrogen-bond acceptors (Lipinski definition) is 3. The van der Waals surface area contributed by atoms with Gasteiger partial charge in [-0.3, -0.25) is 0 Å². The number of hydrogen-bond donors (Lipinski definition) is 0. The molecular formula is C7H9Cl2NO2S. The molecule has 0 amide bonds. The van der Waals surface area contributed by atoms with Crippen LogP contribution in [0.4, 0.5) is 0 Å². The van der Waals surface area contributed by atoms with Crippen LogP contribution in [0.3, 0.4) is 0 Å². The zero-order valence-electron chi connectivity index (χ0n) is 7.16. The van der Waals surface area contributed by atoms with Crippen molar-refractivity contribution in [2.45, 2.75) is 18.7 Å². The molecule has 1 aromatic rings. The fraction of sp³-hybridized carbons (Fsp3) is 0.286. The smallest absolute Gasteiger partial charge is 0.243 e. The number of nitrogens with zero attached hydrogens (tertiary/aromatic N) is 1. The van der Waals surface area contributed by atoms with Crippen LogP contribution in [-0.2, 0) is 9.05 Å². The van der Waals surface area contributed by atoms with E-state index in [1.54, 1.807) is 0 Å². The van der Waals surface area contributed by atoms with E-state index in [-0.39, 0.29) is 10.0 Å². The Balaban J connectivity index is 0.000000671. The van der Waals surface area contributed by atoms with E-state index in [4.69, 9.17) is 22.3 Å². The lowest BCUT2D eigenvalue weighted by Crippen LogP contribution is -1.92. The van der Waals surface area contributed by atoms with Crippen LogP contribution in [0.5, 0.6) is 0 Å². The summed E-state index contributed by atoms with van der Waals surface area (Å²) >= 11 is 5.43. The zero-order valence-corrected chi connectivity index (χ0v) is 9.49. The highest BCUT2D eigenvalue weighted by atomic mass is 35.7. The van der Waals surface area contributed by atoms with E-state index in [1.165, 1.54) is 18.3 Å². The summed E-state index contributed by atoms with van der Waals surface area (Å²) in [5, 5.41) is -0.109. The molecule has 0 saturated heterocycles. The summed E-state index contributed by atoms with van der Waals surface area (Å²) < 4.78 is 21.4. The lowest BCUT2D eigenvalue weighted by Gasteiger charge is -1.95. The summed E-state index contributed by atoms with van der Waals surface area (Å²) in [5.41, 5.74) is 0. The van der Waals surface area contributed by atoms with Gasteiger partial charge in [0.2, 0.25) is 0 Å².